The van der Waals surface area contributed by atoms with Crippen LogP contribution in [0, 0.1) is 12.7 Å². The first-order valence-electron chi connectivity index (χ1n) is 9.05. The molecule has 148 valence electrons. The highest BCUT2D eigenvalue weighted by Crippen LogP contribution is 2.17. The lowest BCUT2D eigenvalue weighted by molar-refractivity contribution is -0.120. The predicted octanol–water partition coefficient (Wildman–Crippen LogP) is 1.89. The molecule has 3 aromatic rings. The minimum Gasteiger partial charge on any atom is -0.353 e. The average Bonchev–Trinajstić information content (AvgIpc) is 3.11. The number of anilines is 3. The van der Waals surface area contributed by atoms with Gasteiger partial charge in [0.15, 0.2) is 11.6 Å². The third-order valence-corrected chi connectivity index (χ3v) is 4.18. The molecule has 29 heavy (non-hydrogen) atoms. The molecule has 2 aromatic heterocycles. The van der Waals surface area contributed by atoms with Crippen LogP contribution in [0.3, 0.4) is 0 Å². The Balaban J connectivity index is 1.66. The van der Waals surface area contributed by atoms with Crippen molar-refractivity contribution in [3.05, 3.63) is 53.2 Å². The Bertz CT molecular complexity index is 1060. The fraction of sp³-hybridized carbons (Fsp3) is 0.211. The van der Waals surface area contributed by atoms with Crippen molar-refractivity contribution in [2.45, 2.75) is 6.92 Å². The van der Waals surface area contributed by atoms with Gasteiger partial charge in [-0.15, -0.1) is 0 Å². The molecule has 1 aliphatic heterocycles. The van der Waals surface area contributed by atoms with Gasteiger partial charge in [0.2, 0.25) is 17.8 Å². The van der Waals surface area contributed by atoms with Gasteiger partial charge in [-0.25, -0.2) is 4.39 Å². The van der Waals surface area contributed by atoms with Crippen LogP contribution in [-0.4, -0.2) is 50.7 Å². The predicted molar refractivity (Wildman–Crippen MR) is 107 cm³/mol. The molecule has 0 unspecified atom stereocenters. The zero-order valence-electron chi connectivity index (χ0n) is 15.7. The monoisotopic (exact) mass is 394 g/mol. The third-order valence-electron chi connectivity index (χ3n) is 4.18. The number of H-pyrrole nitrogens is 1. The number of halogens is 1. The number of aryl methyl sites for hydroxylation is 1. The number of rotatable bonds is 5. The van der Waals surface area contributed by atoms with E-state index in [-0.39, 0.29) is 18.3 Å². The first kappa shape index (κ1) is 18.5. The fourth-order valence-electron chi connectivity index (χ4n) is 2.84. The van der Waals surface area contributed by atoms with E-state index >= 15 is 0 Å². The lowest BCUT2D eigenvalue weighted by atomic mass is 10.2. The quantitative estimate of drug-likeness (QED) is 0.606. The summed E-state index contributed by atoms with van der Waals surface area (Å²) in [6.45, 7) is 3.15. The van der Waals surface area contributed by atoms with Crippen molar-refractivity contribution in [1.82, 2.24) is 30.5 Å². The van der Waals surface area contributed by atoms with Crippen molar-refractivity contribution in [2.75, 3.05) is 29.9 Å². The molecule has 0 radical (unpaired) electrons. The van der Waals surface area contributed by atoms with E-state index in [2.05, 4.69) is 35.8 Å². The minimum atomic E-state index is -0.320. The second kappa shape index (κ2) is 8.05. The van der Waals surface area contributed by atoms with Gasteiger partial charge in [0.25, 0.3) is 0 Å². The molecule has 3 heterocycles. The highest BCUT2D eigenvalue weighted by Gasteiger charge is 2.20. The summed E-state index contributed by atoms with van der Waals surface area (Å²) >= 11 is 0. The molecule has 0 bridgehead atoms. The molecule has 0 saturated carbocycles. The molecule has 4 rings (SSSR count). The van der Waals surface area contributed by atoms with Gasteiger partial charge < -0.3 is 15.5 Å². The van der Waals surface area contributed by atoms with Gasteiger partial charge in [-0.3, -0.25) is 9.89 Å². The number of benzene rings is 1. The number of carbonyl (C=O) groups is 1. The van der Waals surface area contributed by atoms with Crippen molar-refractivity contribution < 1.29 is 9.18 Å². The Morgan fingerprint density at radius 2 is 2.10 bits per heavy atom. The molecule has 3 N–H and O–H groups in total. The zero-order valence-corrected chi connectivity index (χ0v) is 15.7. The number of carbonyl (C=O) groups excluding carboxylic acids is 1. The van der Waals surface area contributed by atoms with Crippen LogP contribution in [0.15, 0.2) is 30.3 Å². The number of hydrogen-bond acceptors (Lipinski definition) is 7. The Hall–Kier alpha value is -3.82. The van der Waals surface area contributed by atoms with Gasteiger partial charge in [-0.1, -0.05) is 18.2 Å². The van der Waals surface area contributed by atoms with E-state index in [9.17, 15) is 9.18 Å². The average molecular weight is 394 g/mol. The summed E-state index contributed by atoms with van der Waals surface area (Å²) in [5, 5.41) is 12.8. The standard InChI is InChI=1S/C19H19FN8O/c1-12-9-16(27-26-12)23-18-22-15(6-5-13-3-2-4-14(20)10-13)24-19(25-18)28-8-7-21-17(29)11-28/h2-6,9-10H,7-8,11H2,1H3,(H,21,29)(H2,22,23,24,25,26,27)/b6-5+. The van der Waals surface area contributed by atoms with E-state index in [1.54, 1.807) is 29.2 Å². The number of hydrogen-bond donors (Lipinski definition) is 3. The van der Waals surface area contributed by atoms with Crippen LogP contribution in [0.4, 0.5) is 22.1 Å². The maximum absolute atomic E-state index is 13.4. The first-order chi connectivity index (χ1) is 14.0. The summed E-state index contributed by atoms with van der Waals surface area (Å²) < 4.78 is 13.4. The number of piperazine rings is 1. The van der Waals surface area contributed by atoms with Crippen LogP contribution in [0.25, 0.3) is 12.2 Å². The van der Waals surface area contributed by atoms with Gasteiger partial charge in [-0.05, 0) is 30.7 Å². The molecule has 10 heteroatoms. The van der Waals surface area contributed by atoms with E-state index < -0.39 is 0 Å². The summed E-state index contributed by atoms with van der Waals surface area (Å²) in [5.74, 6) is 1.20. The first-order valence-corrected chi connectivity index (χ1v) is 9.05. The normalized spacial score (nSPS) is 14.3. The number of aromatic nitrogens is 5. The zero-order chi connectivity index (χ0) is 20.2. The summed E-state index contributed by atoms with van der Waals surface area (Å²) in [5.41, 5.74) is 1.57. The van der Waals surface area contributed by atoms with Gasteiger partial charge in [0, 0.05) is 24.8 Å². The van der Waals surface area contributed by atoms with Crippen molar-refractivity contribution in [3.63, 3.8) is 0 Å². The molecule has 1 fully saturated rings. The van der Waals surface area contributed by atoms with Crippen LogP contribution in [0.2, 0.25) is 0 Å². The van der Waals surface area contributed by atoms with Gasteiger partial charge in [-0.2, -0.15) is 20.1 Å². The molecule has 0 aliphatic carbocycles. The Morgan fingerprint density at radius 3 is 2.86 bits per heavy atom. The molecule has 0 spiro atoms. The summed E-state index contributed by atoms with van der Waals surface area (Å²) in [6, 6.07) is 8.03. The fourth-order valence-corrected chi connectivity index (χ4v) is 2.84. The minimum absolute atomic E-state index is 0.0917. The van der Waals surface area contributed by atoms with Gasteiger partial charge in [0.1, 0.15) is 5.82 Å². The summed E-state index contributed by atoms with van der Waals surface area (Å²) in [4.78, 5) is 26.8. The largest absolute Gasteiger partial charge is 0.353 e. The highest BCUT2D eigenvalue weighted by molar-refractivity contribution is 5.82. The Morgan fingerprint density at radius 1 is 1.21 bits per heavy atom. The van der Waals surface area contributed by atoms with Crippen LogP contribution in [0.5, 0.6) is 0 Å². The van der Waals surface area contributed by atoms with E-state index in [1.807, 2.05) is 13.0 Å². The Kier molecular flexibility index (Phi) is 5.14. The number of nitrogens with zero attached hydrogens (tertiary/aromatic N) is 5. The topological polar surface area (TPSA) is 112 Å². The lowest BCUT2D eigenvalue weighted by Gasteiger charge is -2.26. The maximum atomic E-state index is 13.4. The molecule has 1 aliphatic rings. The third kappa shape index (κ3) is 4.72. The lowest BCUT2D eigenvalue weighted by Crippen LogP contribution is -2.48. The van der Waals surface area contributed by atoms with Crippen molar-refractivity contribution in [2.24, 2.45) is 0 Å². The molecule has 9 nitrogen and oxygen atoms in total. The van der Waals surface area contributed by atoms with E-state index in [4.69, 9.17) is 0 Å². The summed E-state index contributed by atoms with van der Waals surface area (Å²) in [6.07, 6.45) is 3.39. The van der Waals surface area contributed by atoms with Crippen LogP contribution < -0.4 is 15.5 Å². The second-order valence-electron chi connectivity index (χ2n) is 6.54. The van der Waals surface area contributed by atoms with E-state index in [0.29, 0.717) is 42.2 Å². The second-order valence-corrected chi connectivity index (χ2v) is 6.54. The SMILES string of the molecule is Cc1cc(Nc2nc(/C=C/c3cccc(F)c3)nc(N3CCNC(=O)C3)n2)n[nH]1. The molecular weight excluding hydrogens is 375 g/mol. The van der Waals surface area contributed by atoms with Crippen LogP contribution in [-0.2, 0) is 4.79 Å². The van der Waals surface area contributed by atoms with Crippen molar-refractivity contribution >= 4 is 35.8 Å². The molecule has 0 atom stereocenters. The molecule has 1 aromatic carbocycles. The number of aromatic amines is 1. The van der Waals surface area contributed by atoms with Crippen LogP contribution in [0.1, 0.15) is 17.1 Å². The van der Waals surface area contributed by atoms with Crippen molar-refractivity contribution in [3.8, 4) is 0 Å². The van der Waals surface area contributed by atoms with Gasteiger partial charge in [0.05, 0.1) is 6.54 Å². The number of nitrogens with one attached hydrogen (secondary N) is 3. The Labute approximate surface area is 166 Å². The van der Waals surface area contributed by atoms with Crippen molar-refractivity contribution in [1.29, 1.82) is 0 Å². The van der Waals surface area contributed by atoms with Gasteiger partial charge >= 0.3 is 0 Å². The number of amides is 1. The molecular formula is C19H19FN8O. The van der Waals surface area contributed by atoms with E-state index in [1.165, 1.54) is 12.1 Å². The molecule has 1 amide bonds. The van der Waals surface area contributed by atoms with Crippen LogP contribution >= 0.6 is 0 Å². The summed E-state index contributed by atoms with van der Waals surface area (Å²) in [7, 11) is 0. The van der Waals surface area contributed by atoms with E-state index in [0.717, 1.165) is 5.69 Å². The highest BCUT2D eigenvalue weighted by atomic mass is 19.1. The smallest absolute Gasteiger partial charge is 0.239 e. The maximum Gasteiger partial charge on any atom is 0.239 e. The molecule has 1 saturated heterocycles.